The van der Waals surface area contributed by atoms with Crippen LogP contribution in [0.15, 0.2) is 237 Å². The lowest BCUT2D eigenvalue weighted by atomic mass is 9.92. The minimum absolute atomic E-state index is 1.09. The third-order valence-corrected chi connectivity index (χ3v) is 11.8. The molecule has 1 heteroatoms. The van der Waals surface area contributed by atoms with Crippen molar-refractivity contribution in [3.63, 3.8) is 0 Å². The fourth-order valence-electron chi connectivity index (χ4n) is 8.82. The first-order chi connectivity index (χ1) is 29.2. The molecule has 11 rings (SSSR count). The van der Waals surface area contributed by atoms with Crippen LogP contribution in [0, 0.1) is 0 Å². The van der Waals surface area contributed by atoms with Crippen molar-refractivity contribution < 1.29 is 0 Å². The second-order valence-corrected chi connectivity index (χ2v) is 15.3. The van der Waals surface area contributed by atoms with Gasteiger partial charge < -0.3 is 4.90 Å². The third kappa shape index (κ3) is 6.40. The Morgan fingerprint density at radius 2 is 0.678 bits per heavy atom. The topological polar surface area (TPSA) is 3.24 Å². The average Bonchev–Trinajstić information content (AvgIpc) is 3.32. The Morgan fingerprint density at radius 3 is 1.39 bits per heavy atom. The molecule has 0 N–H and O–H groups in total. The van der Waals surface area contributed by atoms with E-state index in [4.69, 9.17) is 0 Å². The van der Waals surface area contributed by atoms with Crippen LogP contribution in [0.4, 0.5) is 17.1 Å². The molecule has 11 aromatic carbocycles. The maximum atomic E-state index is 2.38. The maximum absolute atomic E-state index is 2.38. The summed E-state index contributed by atoms with van der Waals surface area (Å²) < 4.78 is 0. The second-order valence-electron chi connectivity index (χ2n) is 15.3. The van der Waals surface area contributed by atoms with Gasteiger partial charge in [-0.05, 0) is 136 Å². The van der Waals surface area contributed by atoms with Crippen molar-refractivity contribution in [2.45, 2.75) is 0 Å². The first-order valence-corrected chi connectivity index (χ1v) is 20.3. The average molecular weight is 750 g/mol. The monoisotopic (exact) mass is 749 g/mol. The van der Waals surface area contributed by atoms with Gasteiger partial charge in [-0.15, -0.1) is 0 Å². The van der Waals surface area contributed by atoms with Gasteiger partial charge in [-0.3, -0.25) is 0 Å². The van der Waals surface area contributed by atoms with Gasteiger partial charge in [-0.1, -0.05) is 188 Å². The normalized spacial score (nSPS) is 11.4. The maximum Gasteiger partial charge on any atom is 0.0468 e. The lowest BCUT2D eigenvalue weighted by molar-refractivity contribution is 1.28. The summed E-state index contributed by atoms with van der Waals surface area (Å²) in [4.78, 5) is 2.38. The minimum Gasteiger partial charge on any atom is -0.310 e. The second kappa shape index (κ2) is 14.6. The van der Waals surface area contributed by atoms with Crippen molar-refractivity contribution >= 4 is 60.2 Å². The van der Waals surface area contributed by atoms with Gasteiger partial charge in [0.1, 0.15) is 0 Å². The number of benzene rings is 11. The Labute approximate surface area is 344 Å². The highest BCUT2D eigenvalue weighted by Gasteiger charge is 2.18. The summed E-state index contributed by atoms with van der Waals surface area (Å²) in [5, 5.41) is 10.1. The van der Waals surface area contributed by atoms with Crippen molar-refractivity contribution in [1.82, 2.24) is 0 Å². The molecule has 0 fully saturated rings. The number of fused-ring (bicyclic) bond motifs is 6. The molecule has 59 heavy (non-hydrogen) atoms. The standard InChI is InChI=1S/C58H39N/c1-3-11-40(12-4-1)42-23-29-50(30-24-42)59(52-33-36-54(58(39-52)44-14-5-2-6-15-44)49-22-19-41-13-7-8-17-47(41)37-49)51-31-25-43(26-32-51)48-21-20-46-28-34-55-53-18-10-9-16-45(53)27-35-56(55)57(46)38-48/h1-39H. The van der Waals surface area contributed by atoms with Crippen LogP contribution >= 0.6 is 0 Å². The number of hydrogen-bond donors (Lipinski definition) is 0. The van der Waals surface area contributed by atoms with Gasteiger partial charge in [0.15, 0.2) is 0 Å². The van der Waals surface area contributed by atoms with E-state index in [0.717, 1.165) is 17.1 Å². The van der Waals surface area contributed by atoms with Crippen LogP contribution in [-0.4, -0.2) is 0 Å². The predicted octanol–water partition coefficient (Wildman–Crippen LogP) is 16.4. The molecule has 0 atom stereocenters. The zero-order valence-corrected chi connectivity index (χ0v) is 32.5. The number of nitrogens with zero attached hydrogens (tertiary/aromatic N) is 1. The smallest absolute Gasteiger partial charge is 0.0468 e. The summed E-state index contributed by atoms with van der Waals surface area (Å²) in [5.41, 5.74) is 12.9. The summed E-state index contributed by atoms with van der Waals surface area (Å²) in [5.74, 6) is 0. The first-order valence-electron chi connectivity index (χ1n) is 20.3. The molecule has 1 nitrogen and oxygen atoms in total. The highest BCUT2D eigenvalue weighted by Crippen LogP contribution is 2.42. The number of hydrogen-bond acceptors (Lipinski definition) is 1. The van der Waals surface area contributed by atoms with E-state index in [1.54, 1.807) is 0 Å². The van der Waals surface area contributed by atoms with Crippen LogP contribution in [-0.2, 0) is 0 Å². The van der Waals surface area contributed by atoms with Crippen LogP contribution in [0.3, 0.4) is 0 Å². The fourth-order valence-corrected chi connectivity index (χ4v) is 8.82. The summed E-state index contributed by atoms with van der Waals surface area (Å²) in [6.07, 6.45) is 0. The molecule has 0 amide bonds. The van der Waals surface area contributed by atoms with Crippen LogP contribution in [0.25, 0.3) is 87.6 Å². The van der Waals surface area contributed by atoms with Gasteiger partial charge in [0.2, 0.25) is 0 Å². The van der Waals surface area contributed by atoms with E-state index < -0.39 is 0 Å². The van der Waals surface area contributed by atoms with E-state index in [-0.39, 0.29) is 0 Å². The molecule has 0 spiro atoms. The lowest BCUT2D eigenvalue weighted by Crippen LogP contribution is -2.10. The van der Waals surface area contributed by atoms with Crippen LogP contribution < -0.4 is 4.90 Å². The zero-order chi connectivity index (χ0) is 39.1. The summed E-state index contributed by atoms with van der Waals surface area (Å²) in [6, 6.07) is 86.3. The number of anilines is 3. The zero-order valence-electron chi connectivity index (χ0n) is 32.5. The summed E-state index contributed by atoms with van der Waals surface area (Å²) in [7, 11) is 0. The fraction of sp³-hybridized carbons (Fsp3) is 0. The molecule has 0 aliphatic heterocycles. The van der Waals surface area contributed by atoms with Gasteiger partial charge in [-0.25, -0.2) is 0 Å². The summed E-state index contributed by atoms with van der Waals surface area (Å²) >= 11 is 0. The summed E-state index contributed by atoms with van der Waals surface area (Å²) in [6.45, 7) is 0. The predicted molar refractivity (Wildman–Crippen MR) is 253 cm³/mol. The van der Waals surface area contributed by atoms with Gasteiger partial charge in [0.25, 0.3) is 0 Å². The molecule has 0 bridgehead atoms. The van der Waals surface area contributed by atoms with Crippen LogP contribution in [0.1, 0.15) is 0 Å². The van der Waals surface area contributed by atoms with Gasteiger partial charge >= 0.3 is 0 Å². The Hall–Kier alpha value is -7.74. The van der Waals surface area contributed by atoms with Crippen LogP contribution in [0.2, 0.25) is 0 Å². The van der Waals surface area contributed by atoms with E-state index in [9.17, 15) is 0 Å². The van der Waals surface area contributed by atoms with Crippen molar-refractivity contribution in [3.8, 4) is 44.5 Å². The molecule has 0 aliphatic rings. The molecule has 0 radical (unpaired) electrons. The molecule has 276 valence electrons. The van der Waals surface area contributed by atoms with E-state index in [0.29, 0.717) is 0 Å². The van der Waals surface area contributed by atoms with Crippen molar-refractivity contribution in [1.29, 1.82) is 0 Å². The van der Waals surface area contributed by atoms with Crippen molar-refractivity contribution in [3.05, 3.63) is 237 Å². The Bertz CT molecular complexity index is 3290. The molecule has 0 aromatic heterocycles. The van der Waals surface area contributed by atoms with Gasteiger partial charge in [0.05, 0.1) is 0 Å². The van der Waals surface area contributed by atoms with E-state index in [1.165, 1.54) is 87.6 Å². The highest BCUT2D eigenvalue weighted by molar-refractivity contribution is 6.17. The molecular formula is C58H39N. The Balaban J connectivity index is 1.03. The Kier molecular flexibility index (Phi) is 8.56. The van der Waals surface area contributed by atoms with Crippen molar-refractivity contribution in [2.75, 3.05) is 4.90 Å². The SMILES string of the molecule is c1ccc(-c2ccc(N(c3ccc(-c4ccc5ccc6c7ccccc7ccc6c5c4)cc3)c3ccc(-c4ccc5ccccc5c4)c(-c4ccccc4)c3)cc2)cc1. The molecule has 11 aromatic rings. The van der Waals surface area contributed by atoms with Crippen LogP contribution in [0.5, 0.6) is 0 Å². The molecule has 0 aliphatic carbocycles. The molecule has 0 saturated carbocycles. The largest absolute Gasteiger partial charge is 0.310 e. The molecular weight excluding hydrogens is 711 g/mol. The van der Waals surface area contributed by atoms with Crippen molar-refractivity contribution in [2.24, 2.45) is 0 Å². The quantitative estimate of drug-likeness (QED) is 0.147. The highest BCUT2D eigenvalue weighted by atomic mass is 15.1. The third-order valence-electron chi connectivity index (χ3n) is 11.8. The Morgan fingerprint density at radius 1 is 0.203 bits per heavy atom. The van der Waals surface area contributed by atoms with Gasteiger partial charge in [0, 0.05) is 17.1 Å². The molecule has 0 heterocycles. The molecule has 0 saturated heterocycles. The first kappa shape index (κ1) is 34.5. The number of rotatable bonds is 7. The van der Waals surface area contributed by atoms with Gasteiger partial charge in [-0.2, -0.15) is 0 Å². The van der Waals surface area contributed by atoms with E-state index in [1.807, 2.05) is 0 Å². The van der Waals surface area contributed by atoms with E-state index >= 15 is 0 Å². The minimum atomic E-state index is 1.09. The molecule has 0 unspecified atom stereocenters. The lowest BCUT2D eigenvalue weighted by Gasteiger charge is -2.27. The van der Waals surface area contributed by atoms with E-state index in [2.05, 4.69) is 241 Å².